The Morgan fingerprint density at radius 2 is 1.89 bits per heavy atom. The van der Waals surface area contributed by atoms with Gasteiger partial charge in [0.2, 0.25) is 17.7 Å². The molecule has 0 radical (unpaired) electrons. The van der Waals surface area contributed by atoms with Crippen molar-refractivity contribution in [3.05, 3.63) is 81.8 Å². The fourth-order valence-electron chi connectivity index (χ4n) is 6.38. The van der Waals surface area contributed by atoms with Crippen LogP contribution in [0.4, 0.5) is 0 Å². The van der Waals surface area contributed by atoms with Crippen molar-refractivity contribution in [2.24, 2.45) is 5.92 Å². The number of carbonyl (C=O) groups is 5. The SMILES string of the molecule is CC(C)c1ncc(C(C(=O)NCC2CC2)N(Cc2ccc3c(c2)C(=O)N(C2CCC(=O)NC2=O)C3)C(=O)c2coc3c2COC3)cn1. The summed E-state index contributed by atoms with van der Waals surface area (Å²) in [5.74, 6) is -0.278. The molecular weight excluding hydrogens is 604 g/mol. The molecule has 47 heavy (non-hydrogen) atoms. The zero-order chi connectivity index (χ0) is 32.8. The summed E-state index contributed by atoms with van der Waals surface area (Å²) in [5.41, 5.74) is 3.17. The molecule has 1 aromatic carbocycles. The van der Waals surface area contributed by atoms with Gasteiger partial charge in [-0.25, -0.2) is 9.97 Å². The number of furan rings is 1. The van der Waals surface area contributed by atoms with E-state index in [2.05, 4.69) is 20.6 Å². The van der Waals surface area contributed by atoms with Gasteiger partial charge in [-0.3, -0.25) is 29.3 Å². The van der Waals surface area contributed by atoms with Gasteiger partial charge in [0, 0.05) is 61.1 Å². The average Bonchev–Trinajstić information content (AvgIpc) is 3.47. The van der Waals surface area contributed by atoms with Gasteiger partial charge < -0.3 is 24.3 Å². The van der Waals surface area contributed by atoms with E-state index in [4.69, 9.17) is 9.15 Å². The lowest BCUT2D eigenvalue weighted by atomic mass is 10.0. The van der Waals surface area contributed by atoms with Gasteiger partial charge in [-0.2, -0.15) is 0 Å². The van der Waals surface area contributed by atoms with E-state index in [0.717, 1.165) is 18.4 Å². The van der Waals surface area contributed by atoms with Crippen molar-refractivity contribution >= 4 is 29.5 Å². The Morgan fingerprint density at radius 1 is 1.11 bits per heavy atom. The first kappa shape index (κ1) is 30.7. The Kier molecular flexibility index (Phi) is 8.08. The molecule has 244 valence electrons. The second-order valence-electron chi connectivity index (χ2n) is 13.0. The van der Waals surface area contributed by atoms with Gasteiger partial charge in [-0.15, -0.1) is 0 Å². The van der Waals surface area contributed by atoms with Crippen LogP contribution in [0.25, 0.3) is 0 Å². The molecule has 5 heterocycles. The minimum atomic E-state index is -1.08. The molecule has 13 heteroatoms. The van der Waals surface area contributed by atoms with Crippen molar-refractivity contribution in [1.29, 1.82) is 0 Å². The summed E-state index contributed by atoms with van der Waals surface area (Å²) < 4.78 is 11.2. The number of aromatic nitrogens is 2. The first-order valence-corrected chi connectivity index (χ1v) is 16.0. The zero-order valence-electron chi connectivity index (χ0n) is 26.3. The van der Waals surface area contributed by atoms with Crippen molar-refractivity contribution in [1.82, 2.24) is 30.4 Å². The normalized spacial score (nSPS) is 19.4. The van der Waals surface area contributed by atoms with Crippen molar-refractivity contribution in [2.45, 2.75) is 83.8 Å². The second-order valence-corrected chi connectivity index (χ2v) is 13.0. The highest BCUT2D eigenvalue weighted by Crippen LogP contribution is 2.34. The smallest absolute Gasteiger partial charge is 0.258 e. The Balaban J connectivity index is 1.24. The number of imide groups is 1. The largest absolute Gasteiger partial charge is 0.466 e. The number of hydrogen-bond acceptors (Lipinski definition) is 9. The van der Waals surface area contributed by atoms with E-state index in [0.29, 0.717) is 51.9 Å². The van der Waals surface area contributed by atoms with Gasteiger partial charge in [0.05, 0.1) is 12.2 Å². The topological polar surface area (TPSA) is 164 Å². The molecule has 1 saturated carbocycles. The van der Waals surface area contributed by atoms with Crippen LogP contribution in [0.15, 0.2) is 41.3 Å². The summed E-state index contributed by atoms with van der Waals surface area (Å²) in [5, 5.41) is 5.36. The highest BCUT2D eigenvalue weighted by Gasteiger charge is 2.40. The van der Waals surface area contributed by atoms with Crippen LogP contribution in [0.1, 0.15) is 106 Å². The number of benzene rings is 1. The van der Waals surface area contributed by atoms with E-state index in [-0.39, 0.29) is 62.8 Å². The van der Waals surface area contributed by atoms with Gasteiger partial charge in [-0.05, 0) is 42.4 Å². The third-order valence-corrected chi connectivity index (χ3v) is 9.24. The third kappa shape index (κ3) is 6.02. The Bertz CT molecular complexity index is 1760. The molecule has 3 aromatic rings. The van der Waals surface area contributed by atoms with E-state index in [1.807, 2.05) is 26.0 Å². The van der Waals surface area contributed by atoms with Gasteiger partial charge in [0.25, 0.3) is 11.8 Å². The number of carbonyl (C=O) groups excluding carboxylic acids is 5. The fraction of sp³-hybridized carbons (Fsp3) is 0.441. The highest BCUT2D eigenvalue weighted by molar-refractivity contribution is 6.05. The minimum absolute atomic E-state index is 0.0218. The minimum Gasteiger partial charge on any atom is -0.466 e. The lowest BCUT2D eigenvalue weighted by Crippen LogP contribution is -2.52. The van der Waals surface area contributed by atoms with Crippen molar-refractivity contribution in [2.75, 3.05) is 6.54 Å². The highest BCUT2D eigenvalue weighted by atomic mass is 16.5. The molecule has 2 aromatic heterocycles. The van der Waals surface area contributed by atoms with Crippen molar-refractivity contribution in [3.63, 3.8) is 0 Å². The Morgan fingerprint density at radius 3 is 2.62 bits per heavy atom. The van der Waals surface area contributed by atoms with Crippen molar-refractivity contribution < 1.29 is 33.1 Å². The molecule has 7 rings (SSSR count). The molecule has 2 unspecified atom stereocenters. The van der Waals surface area contributed by atoms with Crippen LogP contribution in [-0.4, -0.2) is 61.9 Å². The maximum Gasteiger partial charge on any atom is 0.258 e. The van der Waals surface area contributed by atoms with E-state index in [1.54, 1.807) is 18.5 Å². The standard InChI is InChI=1S/C34H36N6O7/c1-18(2)30-35-11-22(12-36-30)29(32(43)37-10-19-3-4-19)40(34(45)25-16-47-27-17-46-15-24(25)27)13-20-5-6-21-14-39(33(44)23(21)9-20)26-7-8-28(41)38-31(26)42/h5-6,9,11-12,16,18-19,26,29H,3-4,7-8,10,13-15,17H2,1-2H3,(H,37,43)(H,38,41,42). The number of ether oxygens (including phenoxy) is 1. The van der Waals surface area contributed by atoms with Gasteiger partial charge in [-0.1, -0.05) is 26.0 Å². The molecule has 2 N–H and O–H groups in total. The number of hydrogen-bond donors (Lipinski definition) is 2. The van der Waals surface area contributed by atoms with Crippen LogP contribution >= 0.6 is 0 Å². The molecule has 3 aliphatic heterocycles. The lowest BCUT2D eigenvalue weighted by Gasteiger charge is -2.31. The van der Waals surface area contributed by atoms with Crippen LogP contribution < -0.4 is 10.6 Å². The molecule has 13 nitrogen and oxygen atoms in total. The summed E-state index contributed by atoms with van der Waals surface area (Å²) in [6.07, 6.45) is 7.10. The molecular formula is C34H36N6O7. The monoisotopic (exact) mass is 640 g/mol. The van der Waals surface area contributed by atoms with Crippen LogP contribution in [0, 0.1) is 5.92 Å². The molecule has 2 fully saturated rings. The summed E-state index contributed by atoms with van der Waals surface area (Å²) >= 11 is 0. The number of piperidine rings is 1. The number of amides is 5. The summed E-state index contributed by atoms with van der Waals surface area (Å²) in [7, 11) is 0. The number of fused-ring (bicyclic) bond motifs is 2. The average molecular weight is 641 g/mol. The summed E-state index contributed by atoms with van der Waals surface area (Å²) in [6, 6.07) is 3.51. The molecule has 1 aliphatic carbocycles. The number of nitrogens with one attached hydrogen (secondary N) is 2. The van der Waals surface area contributed by atoms with Crippen LogP contribution in [0.5, 0.6) is 0 Å². The first-order chi connectivity index (χ1) is 22.7. The van der Waals surface area contributed by atoms with Crippen molar-refractivity contribution in [3.8, 4) is 0 Å². The summed E-state index contributed by atoms with van der Waals surface area (Å²) in [6.45, 7) is 5.14. The molecule has 2 atom stereocenters. The molecule has 0 spiro atoms. The number of nitrogens with zero attached hydrogens (tertiary/aromatic N) is 4. The maximum absolute atomic E-state index is 14.5. The fourth-order valence-corrected chi connectivity index (χ4v) is 6.38. The molecule has 1 saturated heterocycles. The van der Waals surface area contributed by atoms with E-state index in [9.17, 15) is 24.0 Å². The van der Waals surface area contributed by atoms with E-state index >= 15 is 0 Å². The third-order valence-electron chi connectivity index (χ3n) is 9.24. The second kappa shape index (κ2) is 12.4. The van der Waals surface area contributed by atoms with Gasteiger partial charge >= 0.3 is 0 Å². The van der Waals surface area contributed by atoms with Crippen LogP contribution in [0.2, 0.25) is 0 Å². The van der Waals surface area contributed by atoms with Gasteiger partial charge in [0.15, 0.2) is 0 Å². The maximum atomic E-state index is 14.5. The van der Waals surface area contributed by atoms with E-state index < -0.39 is 23.9 Å². The Hall–Kier alpha value is -4.91. The first-order valence-electron chi connectivity index (χ1n) is 16.0. The number of rotatable bonds is 10. The predicted octanol–water partition coefficient (Wildman–Crippen LogP) is 2.89. The molecule has 0 bridgehead atoms. The van der Waals surface area contributed by atoms with Gasteiger partial charge in [0.1, 0.15) is 36.5 Å². The predicted molar refractivity (Wildman–Crippen MR) is 164 cm³/mol. The van der Waals surface area contributed by atoms with Crippen LogP contribution in [-0.2, 0) is 45.4 Å². The molecule has 4 aliphatic rings. The zero-order valence-corrected chi connectivity index (χ0v) is 26.3. The van der Waals surface area contributed by atoms with Crippen LogP contribution in [0.3, 0.4) is 0 Å². The quantitative estimate of drug-likeness (QED) is 0.317. The Labute approximate surface area is 271 Å². The summed E-state index contributed by atoms with van der Waals surface area (Å²) in [4.78, 5) is 78.3. The molecule has 5 amide bonds. The lowest BCUT2D eigenvalue weighted by molar-refractivity contribution is -0.137. The van der Waals surface area contributed by atoms with E-state index in [1.165, 1.54) is 16.1 Å².